The van der Waals surface area contributed by atoms with E-state index in [-0.39, 0.29) is 5.78 Å². The third-order valence-corrected chi connectivity index (χ3v) is 3.08. The van der Waals surface area contributed by atoms with Gasteiger partial charge in [0, 0.05) is 5.56 Å². The van der Waals surface area contributed by atoms with Gasteiger partial charge in [0.05, 0.1) is 17.1 Å². The zero-order valence-corrected chi connectivity index (χ0v) is 10.9. The Bertz CT molecular complexity index is 535. The summed E-state index contributed by atoms with van der Waals surface area (Å²) in [7, 11) is 1.56. The van der Waals surface area contributed by atoms with Crippen molar-refractivity contribution < 1.29 is 9.53 Å². The predicted molar refractivity (Wildman–Crippen MR) is 70.6 cm³/mol. The van der Waals surface area contributed by atoms with Crippen molar-refractivity contribution in [1.82, 2.24) is 0 Å². The maximum atomic E-state index is 12.3. The normalized spacial score (nSPS) is 10.0. The molecule has 0 bridgehead atoms. The first-order chi connectivity index (χ1) is 8.24. The molecular weight excluding hydrogens is 280 g/mol. The molecule has 2 aromatic rings. The average molecular weight is 291 g/mol. The average Bonchev–Trinajstić information content (AvgIpc) is 2.38. The third-order valence-electron chi connectivity index (χ3n) is 2.45. The van der Waals surface area contributed by atoms with Gasteiger partial charge in [0.2, 0.25) is 0 Å². The summed E-state index contributed by atoms with van der Waals surface area (Å²) >= 11 is 3.37. The van der Waals surface area contributed by atoms with Crippen LogP contribution in [0.5, 0.6) is 5.75 Å². The highest BCUT2D eigenvalue weighted by Gasteiger charge is 2.15. The molecule has 0 N–H and O–H groups in total. The third kappa shape index (κ3) is 2.39. The van der Waals surface area contributed by atoms with Gasteiger partial charge in [-0.3, -0.25) is 4.79 Å². The van der Waals surface area contributed by atoms with Crippen molar-refractivity contribution in [1.29, 1.82) is 0 Å². The zero-order valence-electron chi connectivity index (χ0n) is 9.31. The molecule has 0 amide bonds. The lowest BCUT2D eigenvalue weighted by atomic mass is 10.0. The lowest BCUT2D eigenvalue weighted by molar-refractivity contribution is 0.103. The highest BCUT2D eigenvalue weighted by molar-refractivity contribution is 9.10. The van der Waals surface area contributed by atoms with Gasteiger partial charge >= 0.3 is 0 Å². The Morgan fingerprint density at radius 2 is 1.76 bits per heavy atom. The molecule has 86 valence electrons. The minimum absolute atomic E-state index is 0.0382. The van der Waals surface area contributed by atoms with E-state index in [1.807, 2.05) is 30.3 Å². The molecular formula is C14H11BrO2. The molecule has 0 aliphatic heterocycles. The number of rotatable bonds is 3. The standard InChI is InChI=1S/C14H11BrO2/c1-17-14-11(8-5-9-12(14)15)13(16)10-6-3-2-4-7-10/h2-9H,1H3. The molecule has 0 unspecified atom stereocenters. The number of hydrogen-bond acceptors (Lipinski definition) is 2. The van der Waals surface area contributed by atoms with E-state index < -0.39 is 0 Å². The number of carbonyl (C=O) groups is 1. The van der Waals surface area contributed by atoms with E-state index in [4.69, 9.17) is 4.74 Å². The van der Waals surface area contributed by atoms with E-state index >= 15 is 0 Å². The molecule has 0 aromatic heterocycles. The highest BCUT2D eigenvalue weighted by Crippen LogP contribution is 2.30. The largest absolute Gasteiger partial charge is 0.495 e. The Kier molecular flexibility index (Phi) is 3.59. The molecule has 0 aliphatic rings. The molecule has 0 heterocycles. The van der Waals surface area contributed by atoms with Crippen molar-refractivity contribution in [2.45, 2.75) is 0 Å². The first-order valence-corrected chi connectivity index (χ1v) is 5.95. The topological polar surface area (TPSA) is 26.3 Å². The fourth-order valence-electron chi connectivity index (χ4n) is 1.64. The molecule has 2 nitrogen and oxygen atoms in total. The van der Waals surface area contributed by atoms with Crippen LogP contribution in [0.4, 0.5) is 0 Å². The quantitative estimate of drug-likeness (QED) is 0.806. The molecule has 2 rings (SSSR count). The molecule has 0 atom stereocenters. The van der Waals surface area contributed by atoms with Crippen LogP contribution in [-0.4, -0.2) is 12.9 Å². The lowest BCUT2D eigenvalue weighted by Gasteiger charge is -2.09. The van der Waals surface area contributed by atoms with E-state index in [0.717, 1.165) is 4.47 Å². The number of halogens is 1. The number of hydrogen-bond donors (Lipinski definition) is 0. The molecule has 2 aromatic carbocycles. The summed E-state index contributed by atoms with van der Waals surface area (Å²) in [4.78, 5) is 12.3. The minimum atomic E-state index is -0.0382. The van der Waals surface area contributed by atoms with E-state index in [1.54, 1.807) is 25.3 Å². The van der Waals surface area contributed by atoms with E-state index in [0.29, 0.717) is 16.9 Å². The maximum Gasteiger partial charge on any atom is 0.196 e. The summed E-state index contributed by atoms with van der Waals surface area (Å²) in [5.74, 6) is 0.533. The molecule has 0 fully saturated rings. The summed E-state index contributed by atoms with van der Waals surface area (Å²) in [6.07, 6.45) is 0. The van der Waals surface area contributed by atoms with E-state index in [1.165, 1.54) is 0 Å². The zero-order chi connectivity index (χ0) is 12.3. The number of benzene rings is 2. The Hall–Kier alpha value is -1.61. The minimum Gasteiger partial charge on any atom is -0.495 e. The fourth-order valence-corrected chi connectivity index (χ4v) is 2.17. The van der Waals surface area contributed by atoms with Gasteiger partial charge < -0.3 is 4.74 Å². The molecule has 17 heavy (non-hydrogen) atoms. The van der Waals surface area contributed by atoms with Crippen LogP contribution in [0.25, 0.3) is 0 Å². The maximum absolute atomic E-state index is 12.3. The van der Waals surface area contributed by atoms with E-state index in [9.17, 15) is 4.79 Å². The van der Waals surface area contributed by atoms with Gasteiger partial charge in [-0.25, -0.2) is 0 Å². The first-order valence-electron chi connectivity index (χ1n) is 5.16. The molecule has 0 saturated carbocycles. The summed E-state index contributed by atoms with van der Waals surface area (Å²) < 4.78 is 6.03. The molecule has 0 saturated heterocycles. The second kappa shape index (κ2) is 5.15. The monoisotopic (exact) mass is 290 g/mol. The second-order valence-electron chi connectivity index (χ2n) is 3.52. The van der Waals surface area contributed by atoms with Crippen molar-refractivity contribution in [2.24, 2.45) is 0 Å². The fraction of sp³-hybridized carbons (Fsp3) is 0.0714. The van der Waals surface area contributed by atoms with Gasteiger partial charge in [0.15, 0.2) is 5.78 Å². The molecule has 3 heteroatoms. The Balaban J connectivity index is 2.48. The second-order valence-corrected chi connectivity index (χ2v) is 4.37. The van der Waals surface area contributed by atoms with Gasteiger partial charge in [-0.2, -0.15) is 0 Å². The molecule has 0 spiro atoms. The van der Waals surface area contributed by atoms with Crippen LogP contribution < -0.4 is 4.74 Å². The van der Waals surface area contributed by atoms with Crippen molar-refractivity contribution >= 4 is 21.7 Å². The summed E-state index contributed by atoms with van der Waals surface area (Å²) in [5, 5.41) is 0. The van der Waals surface area contributed by atoms with Crippen molar-refractivity contribution in [2.75, 3.05) is 7.11 Å². The van der Waals surface area contributed by atoms with Crippen LogP contribution in [0.2, 0.25) is 0 Å². The summed E-state index contributed by atoms with van der Waals surface area (Å²) in [6.45, 7) is 0. The van der Waals surface area contributed by atoms with Crippen molar-refractivity contribution in [3.05, 3.63) is 64.1 Å². The number of methoxy groups -OCH3 is 1. The Labute approximate surface area is 108 Å². The van der Waals surface area contributed by atoms with Crippen LogP contribution >= 0.6 is 15.9 Å². The van der Waals surface area contributed by atoms with Crippen LogP contribution in [0.1, 0.15) is 15.9 Å². The number of ketones is 1. The smallest absolute Gasteiger partial charge is 0.196 e. The van der Waals surface area contributed by atoms with Crippen LogP contribution in [-0.2, 0) is 0 Å². The van der Waals surface area contributed by atoms with Gasteiger partial charge in [-0.15, -0.1) is 0 Å². The highest BCUT2D eigenvalue weighted by atomic mass is 79.9. The number of para-hydroxylation sites is 1. The van der Waals surface area contributed by atoms with Gasteiger partial charge in [0.25, 0.3) is 0 Å². The SMILES string of the molecule is COc1c(Br)cccc1C(=O)c1ccccc1. The van der Waals surface area contributed by atoms with Crippen LogP contribution in [0, 0.1) is 0 Å². The van der Waals surface area contributed by atoms with E-state index in [2.05, 4.69) is 15.9 Å². The summed E-state index contributed by atoms with van der Waals surface area (Å²) in [5.41, 5.74) is 1.22. The molecule has 0 radical (unpaired) electrons. The first kappa shape index (κ1) is 11.9. The van der Waals surface area contributed by atoms with Crippen LogP contribution in [0.3, 0.4) is 0 Å². The number of ether oxygens (including phenoxy) is 1. The van der Waals surface area contributed by atoms with Gasteiger partial charge in [-0.1, -0.05) is 36.4 Å². The Morgan fingerprint density at radius 1 is 1.06 bits per heavy atom. The Morgan fingerprint density at radius 3 is 2.41 bits per heavy atom. The van der Waals surface area contributed by atoms with Crippen LogP contribution in [0.15, 0.2) is 53.0 Å². The van der Waals surface area contributed by atoms with Gasteiger partial charge in [-0.05, 0) is 28.1 Å². The predicted octanol–water partition coefficient (Wildman–Crippen LogP) is 3.69. The summed E-state index contributed by atoms with van der Waals surface area (Å²) in [6, 6.07) is 14.6. The van der Waals surface area contributed by atoms with Gasteiger partial charge in [0.1, 0.15) is 5.75 Å². The lowest BCUT2D eigenvalue weighted by Crippen LogP contribution is -2.04. The van der Waals surface area contributed by atoms with Crippen molar-refractivity contribution in [3.63, 3.8) is 0 Å². The molecule has 0 aliphatic carbocycles. The van der Waals surface area contributed by atoms with Crippen molar-refractivity contribution in [3.8, 4) is 5.75 Å². The number of carbonyl (C=O) groups excluding carboxylic acids is 1.